The lowest BCUT2D eigenvalue weighted by Gasteiger charge is -2.22. The summed E-state index contributed by atoms with van der Waals surface area (Å²) >= 11 is 0. The second-order valence-corrected chi connectivity index (χ2v) is 9.33. The van der Waals surface area contributed by atoms with Gasteiger partial charge in [-0.25, -0.2) is 0 Å². The van der Waals surface area contributed by atoms with Gasteiger partial charge in [-0.05, 0) is 90.3 Å². The van der Waals surface area contributed by atoms with Crippen LogP contribution < -0.4 is 10.1 Å². The van der Waals surface area contributed by atoms with Gasteiger partial charge in [-0.2, -0.15) is 0 Å². The Bertz CT molecular complexity index is 1030. The summed E-state index contributed by atoms with van der Waals surface area (Å²) < 4.78 is 6.29. The SMILES string of the molecule is Cc1ccnc(COc2ccc(C(C)(C)C)cc2-c2ccc3c(c2)CCCCN3)c1. The number of aromatic nitrogens is 1. The van der Waals surface area contributed by atoms with E-state index in [9.17, 15) is 0 Å². The maximum absolute atomic E-state index is 6.29. The van der Waals surface area contributed by atoms with Gasteiger partial charge in [-0.3, -0.25) is 4.98 Å². The maximum atomic E-state index is 6.29. The minimum Gasteiger partial charge on any atom is -0.487 e. The lowest BCUT2D eigenvalue weighted by atomic mass is 9.85. The first-order valence-corrected chi connectivity index (χ1v) is 11.0. The maximum Gasteiger partial charge on any atom is 0.130 e. The third-order valence-corrected chi connectivity index (χ3v) is 5.80. The van der Waals surface area contributed by atoms with E-state index in [0.29, 0.717) is 6.61 Å². The van der Waals surface area contributed by atoms with Gasteiger partial charge < -0.3 is 10.1 Å². The molecule has 0 radical (unpaired) electrons. The highest BCUT2D eigenvalue weighted by molar-refractivity contribution is 5.74. The van der Waals surface area contributed by atoms with Crippen molar-refractivity contribution in [3.05, 3.63) is 77.1 Å². The number of pyridine rings is 1. The fourth-order valence-electron chi connectivity index (χ4n) is 3.98. The van der Waals surface area contributed by atoms with Crippen LogP contribution >= 0.6 is 0 Å². The third kappa shape index (κ3) is 4.67. The predicted octanol–water partition coefficient (Wildman–Crippen LogP) is 6.68. The first-order chi connectivity index (χ1) is 14.4. The summed E-state index contributed by atoms with van der Waals surface area (Å²) in [7, 11) is 0. The van der Waals surface area contributed by atoms with Crippen molar-refractivity contribution < 1.29 is 4.74 Å². The molecule has 1 aromatic heterocycles. The van der Waals surface area contributed by atoms with Crippen molar-refractivity contribution in [2.24, 2.45) is 0 Å². The van der Waals surface area contributed by atoms with Crippen LogP contribution in [0.25, 0.3) is 11.1 Å². The summed E-state index contributed by atoms with van der Waals surface area (Å²) in [4.78, 5) is 4.45. The van der Waals surface area contributed by atoms with E-state index in [4.69, 9.17) is 4.74 Å². The molecule has 0 fully saturated rings. The fourth-order valence-corrected chi connectivity index (χ4v) is 3.98. The van der Waals surface area contributed by atoms with Crippen molar-refractivity contribution >= 4 is 5.69 Å². The second kappa shape index (κ2) is 8.51. The highest BCUT2D eigenvalue weighted by Crippen LogP contribution is 2.37. The molecule has 1 aliphatic heterocycles. The highest BCUT2D eigenvalue weighted by Gasteiger charge is 2.18. The second-order valence-electron chi connectivity index (χ2n) is 9.33. The molecule has 0 atom stereocenters. The minimum atomic E-state index is 0.0820. The molecule has 0 spiro atoms. The number of aryl methyl sites for hydroxylation is 2. The summed E-state index contributed by atoms with van der Waals surface area (Å²) in [6.07, 6.45) is 5.42. The molecule has 0 saturated heterocycles. The number of hydrogen-bond acceptors (Lipinski definition) is 3. The Morgan fingerprint density at radius 3 is 2.67 bits per heavy atom. The lowest BCUT2D eigenvalue weighted by Crippen LogP contribution is -2.11. The predicted molar refractivity (Wildman–Crippen MR) is 125 cm³/mol. The molecular formula is C27H32N2O. The van der Waals surface area contributed by atoms with Crippen LogP contribution in [0.1, 0.15) is 56.0 Å². The molecule has 3 nitrogen and oxygen atoms in total. The van der Waals surface area contributed by atoms with Crippen LogP contribution in [-0.2, 0) is 18.4 Å². The van der Waals surface area contributed by atoms with E-state index in [2.05, 4.69) is 80.5 Å². The highest BCUT2D eigenvalue weighted by atomic mass is 16.5. The Morgan fingerprint density at radius 1 is 1.00 bits per heavy atom. The zero-order valence-corrected chi connectivity index (χ0v) is 18.6. The Morgan fingerprint density at radius 2 is 1.87 bits per heavy atom. The van der Waals surface area contributed by atoms with E-state index < -0.39 is 0 Å². The molecule has 2 heterocycles. The molecule has 3 aromatic rings. The van der Waals surface area contributed by atoms with Gasteiger partial charge in [0, 0.05) is 24.0 Å². The van der Waals surface area contributed by atoms with Gasteiger partial charge in [0.15, 0.2) is 0 Å². The van der Waals surface area contributed by atoms with Gasteiger partial charge in [-0.15, -0.1) is 0 Å². The first-order valence-electron chi connectivity index (χ1n) is 11.0. The Kier molecular flexibility index (Phi) is 5.80. The average molecular weight is 401 g/mol. The topological polar surface area (TPSA) is 34.1 Å². The van der Waals surface area contributed by atoms with Gasteiger partial charge in [0.05, 0.1) is 5.69 Å². The fraction of sp³-hybridized carbons (Fsp3) is 0.370. The summed E-state index contributed by atoms with van der Waals surface area (Å²) in [6, 6.07) is 17.5. The van der Waals surface area contributed by atoms with Crippen LogP contribution in [0, 0.1) is 6.92 Å². The number of fused-ring (bicyclic) bond motifs is 1. The summed E-state index contributed by atoms with van der Waals surface area (Å²) in [5.74, 6) is 0.910. The average Bonchev–Trinajstić information content (AvgIpc) is 2.96. The zero-order chi connectivity index (χ0) is 21.1. The van der Waals surface area contributed by atoms with Crippen molar-refractivity contribution in [2.75, 3.05) is 11.9 Å². The Hall–Kier alpha value is -2.81. The van der Waals surface area contributed by atoms with Crippen LogP contribution in [0.5, 0.6) is 5.75 Å². The van der Waals surface area contributed by atoms with Crippen molar-refractivity contribution in [1.82, 2.24) is 4.98 Å². The molecule has 0 unspecified atom stereocenters. The monoisotopic (exact) mass is 400 g/mol. The first kappa shape index (κ1) is 20.5. The van der Waals surface area contributed by atoms with Crippen LogP contribution in [0.4, 0.5) is 5.69 Å². The number of rotatable bonds is 4. The van der Waals surface area contributed by atoms with E-state index in [1.165, 1.54) is 40.8 Å². The number of ether oxygens (including phenoxy) is 1. The van der Waals surface area contributed by atoms with Gasteiger partial charge in [0.2, 0.25) is 0 Å². The van der Waals surface area contributed by atoms with E-state index in [1.807, 2.05) is 12.3 Å². The smallest absolute Gasteiger partial charge is 0.130 e. The quantitative estimate of drug-likeness (QED) is 0.530. The molecule has 30 heavy (non-hydrogen) atoms. The van der Waals surface area contributed by atoms with Crippen LogP contribution in [0.2, 0.25) is 0 Å². The van der Waals surface area contributed by atoms with E-state index in [-0.39, 0.29) is 5.41 Å². The number of nitrogens with one attached hydrogen (secondary N) is 1. The molecule has 1 N–H and O–H groups in total. The van der Waals surface area contributed by atoms with Crippen molar-refractivity contribution in [3.63, 3.8) is 0 Å². The van der Waals surface area contributed by atoms with Gasteiger partial charge >= 0.3 is 0 Å². The molecule has 0 aliphatic carbocycles. The standard InChI is InChI=1S/C27H32N2O/c1-19-12-14-28-23(15-19)18-30-26-11-9-22(27(2,3)4)17-24(26)20-8-10-25-21(16-20)7-5-6-13-29-25/h8-12,14-17,29H,5-7,13,18H2,1-4H3. The molecule has 3 heteroatoms. The summed E-state index contributed by atoms with van der Waals surface area (Å²) in [6.45, 7) is 10.4. The molecule has 2 aromatic carbocycles. The van der Waals surface area contributed by atoms with E-state index in [1.54, 1.807) is 0 Å². The molecule has 0 saturated carbocycles. The molecule has 0 amide bonds. The van der Waals surface area contributed by atoms with Crippen LogP contribution in [0.3, 0.4) is 0 Å². The zero-order valence-electron chi connectivity index (χ0n) is 18.6. The van der Waals surface area contributed by atoms with Crippen molar-refractivity contribution in [3.8, 4) is 16.9 Å². The molecule has 156 valence electrons. The minimum absolute atomic E-state index is 0.0820. The Labute approximate surface area is 180 Å². The van der Waals surface area contributed by atoms with E-state index in [0.717, 1.165) is 30.0 Å². The number of anilines is 1. The van der Waals surface area contributed by atoms with Crippen molar-refractivity contribution in [2.45, 2.75) is 59.0 Å². The van der Waals surface area contributed by atoms with Crippen molar-refractivity contribution in [1.29, 1.82) is 0 Å². The summed E-state index contributed by atoms with van der Waals surface area (Å²) in [5.41, 5.74) is 8.59. The molecular weight excluding hydrogens is 368 g/mol. The van der Waals surface area contributed by atoms with Crippen LogP contribution in [0.15, 0.2) is 54.7 Å². The number of nitrogens with zero attached hydrogens (tertiary/aromatic N) is 1. The Balaban J connectivity index is 1.71. The van der Waals surface area contributed by atoms with Gasteiger partial charge in [-0.1, -0.05) is 32.9 Å². The summed E-state index contributed by atoms with van der Waals surface area (Å²) in [5, 5.41) is 3.57. The van der Waals surface area contributed by atoms with Gasteiger partial charge in [0.25, 0.3) is 0 Å². The lowest BCUT2D eigenvalue weighted by molar-refractivity contribution is 0.302. The molecule has 0 bridgehead atoms. The van der Waals surface area contributed by atoms with Gasteiger partial charge in [0.1, 0.15) is 12.4 Å². The number of hydrogen-bond donors (Lipinski definition) is 1. The largest absolute Gasteiger partial charge is 0.487 e. The van der Waals surface area contributed by atoms with E-state index >= 15 is 0 Å². The normalized spacial score (nSPS) is 13.9. The van der Waals surface area contributed by atoms with Crippen LogP contribution in [-0.4, -0.2) is 11.5 Å². The molecule has 4 rings (SSSR count). The molecule has 1 aliphatic rings. The number of benzene rings is 2. The third-order valence-electron chi connectivity index (χ3n) is 5.80.